The van der Waals surface area contributed by atoms with Crippen molar-refractivity contribution in [3.63, 3.8) is 0 Å². The van der Waals surface area contributed by atoms with Gasteiger partial charge in [-0.15, -0.1) is 11.3 Å². The van der Waals surface area contributed by atoms with Crippen molar-refractivity contribution in [2.24, 2.45) is 0 Å². The fourth-order valence-electron chi connectivity index (χ4n) is 3.13. The van der Waals surface area contributed by atoms with Crippen LogP contribution >= 0.6 is 18.5 Å². The highest BCUT2D eigenvalue weighted by Crippen LogP contribution is 2.41. The summed E-state index contributed by atoms with van der Waals surface area (Å²) >= 11 is 0.782. The maximum Gasteiger partial charge on any atom is 0.370 e. The first kappa shape index (κ1) is 25.3. The number of alkyl halides is 3. The lowest BCUT2D eigenvalue weighted by atomic mass is 10.1. The molecule has 0 aliphatic heterocycles. The number of rotatable bonds is 7. The van der Waals surface area contributed by atoms with Crippen molar-refractivity contribution >= 4 is 46.0 Å². The lowest BCUT2D eigenvalue weighted by Gasteiger charge is -2.19. The van der Waals surface area contributed by atoms with Crippen molar-refractivity contribution in [2.75, 3.05) is 6.67 Å². The van der Waals surface area contributed by atoms with E-state index in [9.17, 15) is 27.3 Å². The number of Topliss-reactive ketones (excluding diaryl/α,β-unsaturated/α-hetero) is 2. The van der Waals surface area contributed by atoms with Gasteiger partial charge < -0.3 is 4.57 Å². The quantitative estimate of drug-likeness (QED) is 0.193. The third-order valence-corrected chi connectivity index (χ3v) is 8.81. The smallest absolute Gasteiger partial charge is 0.309 e. The van der Waals surface area contributed by atoms with Crippen LogP contribution in [0.25, 0.3) is 0 Å². The zero-order chi connectivity index (χ0) is 24.6. The van der Waals surface area contributed by atoms with Gasteiger partial charge in [-0.3, -0.25) is 9.59 Å². The molecular formula is C26H20F3O3PS. The number of halogens is 3. The molecule has 0 fully saturated rings. The van der Waals surface area contributed by atoms with E-state index in [0.29, 0.717) is 0 Å². The van der Waals surface area contributed by atoms with Crippen LogP contribution in [0.2, 0.25) is 0 Å². The largest absolute Gasteiger partial charge is 0.370 e. The molecule has 0 aliphatic carbocycles. The normalized spacial score (nSPS) is 11.3. The van der Waals surface area contributed by atoms with E-state index in [1.165, 1.54) is 11.4 Å². The zero-order valence-corrected chi connectivity index (χ0v) is 19.5. The van der Waals surface area contributed by atoms with E-state index in [-0.39, 0.29) is 4.88 Å². The Morgan fingerprint density at radius 2 is 1.12 bits per heavy atom. The van der Waals surface area contributed by atoms with E-state index in [0.717, 1.165) is 33.3 Å². The molecule has 0 spiro atoms. The monoisotopic (exact) mass is 500 g/mol. The molecular weight excluding hydrogens is 480 g/mol. The van der Waals surface area contributed by atoms with Gasteiger partial charge in [0.05, 0.1) is 4.88 Å². The first-order valence-electron chi connectivity index (χ1n) is 10.1. The van der Waals surface area contributed by atoms with Crippen LogP contribution in [0, 0.1) is 0 Å². The van der Waals surface area contributed by atoms with E-state index >= 15 is 0 Å². The number of hydrogen-bond acceptors (Lipinski definition) is 4. The SMILES string of the molecule is O=C(CF)C(F)(F)C(=O)c1cccs1.O=P(c1ccccc1)(c1ccccc1)c1ccccc1. The lowest BCUT2D eigenvalue weighted by molar-refractivity contribution is -0.137. The molecule has 4 rings (SSSR count). The van der Waals surface area contributed by atoms with Crippen molar-refractivity contribution in [1.29, 1.82) is 0 Å². The van der Waals surface area contributed by atoms with E-state index < -0.39 is 31.3 Å². The minimum Gasteiger partial charge on any atom is -0.309 e. The van der Waals surface area contributed by atoms with Gasteiger partial charge in [-0.1, -0.05) is 97.1 Å². The highest BCUT2D eigenvalue weighted by molar-refractivity contribution is 7.85. The highest BCUT2D eigenvalue weighted by Gasteiger charge is 2.47. The van der Waals surface area contributed by atoms with E-state index in [1.54, 1.807) is 0 Å². The molecule has 34 heavy (non-hydrogen) atoms. The second-order valence-corrected chi connectivity index (χ2v) is 10.8. The van der Waals surface area contributed by atoms with Gasteiger partial charge in [0.1, 0.15) is 0 Å². The first-order chi connectivity index (χ1) is 16.3. The number of benzene rings is 3. The van der Waals surface area contributed by atoms with Gasteiger partial charge in [-0.2, -0.15) is 8.78 Å². The van der Waals surface area contributed by atoms with Crippen molar-refractivity contribution in [3.05, 3.63) is 113 Å². The first-order valence-corrected chi connectivity index (χ1v) is 12.7. The summed E-state index contributed by atoms with van der Waals surface area (Å²) in [4.78, 5) is 21.2. The van der Waals surface area contributed by atoms with Gasteiger partial charge in [0, 0.05) is 15.9 Å². The van der Waals surface area contributed by atoms with Crippen LogP contribution in [0.4, 0.5) is 13.2 Å². The summed E-state index contributed by atoms with van der Waals surface area (Å²) < 4.78 is 51.2. The number of ketones is 2. The topological polar surface area (TPSA) is 51.2 Å². The minimum absolute atomic E-state index is 0.253. The van der Waals surface area contributed by atoms with Crippen LogP contribution in [0.15, 0.2) is 109 Å². The second kappa shape index (κ2) is 11.2. The molecule has 0 unspecified atom stereocenters. The molecule has 0 aliphatic rings. The third kappa shape index (κ3) is 5.44. The Balaban J connectivity index is 0.000000204. The van der Waals surface area contributed by atoms with E-state index in [1.807, 2.05) is 91.0 Å². The van der Waals surface area contributed by atoms with E-state index in [4.69, 9.17) is 0 Å². The molecule has 4 aromatic rings. The molecule has 0 radical (unpaired) electrons. The molecule has 0 saturated heterocycles. The number of carbonyl (C=O) groups is 2. The molecule has 0 bridgehead atoms. The molecule has 1 heterocycles. The molecule has 3 aromatic carbocycles. The Morgan fingerprint density at radius 3 is 1.44 bits per heavy atom. The fourth-order valence-corrected chi connectivity index (χ4v) is 6.50. The average Bonchev–Trinajstić information content (AvgIpc) is 3.44. The van der Waals surface area contributed by atoms with Gasteiger partial charge in [0.2, 0.25) is 11.6 Å². The fraction of sp³-hybridized carbons (Fsp3) is 0.0769. The Labute approximate surface area is 199 Å². The Bertz CT molecular complexity index is 1160. The molecule has 174 valence electrons. The zero-order valence-electron chi connectivity index (χ0n) is 17.8. The summed E-state index contributed by atoms with van der Waals surface area (Å²) in [7, 11) is -2.78. The van der Waals surface area contributed by atoms with Gasteiger partial charge in [0.15, 0.2) is 13.8 Å². The van der Waals surface area contributed by atoms with Crippen LogP contribution < -0.4 is 15.9 Å². The molecule has 1 aromatic heterocycles. The standard InChI is InChI=1S/C18H15OP.C8H5F3O2S/c19-20(16-10-4-1-5-11-16,17-12-6-2-7-13-17)18-14-8-3-9-15-18;9-4-6(12)8(10,11)7(13)5-2-1-3-14-5/h1-15H;1-3H,4H2. The summed E-state index contributed by atoms with van der Waals surface area (Å²) in [5, 5.41) is 4.04. The Morgan fingerprint density at radius 1 is 0.706 bits per heavy atom. The van der Waals surface area contributed by atoms with Crippen LogP contribution in [-0.2, 0) is 9.36 Å². The van der Waals surface area contributed by atoms with Gasteiger partial charge in [0.25, 0.3) is 0 Å². The Kier molecular flexibility index (Phi) is 8.37. The summed E-state index contributed by atoms with van der Waals surface area (Å²) in [6.07, 6.45) is 0. The predicted octanol–water partition coefficient (Wildman–Crippen LogP) is 5.43. The number of thiophene rings is 1. The van der Waals surface area contributed by atoms with E-state index in [2.05, 4.69) is 0 Å². The third-order valence-electron chi connectivity index (χ3n) is 4.86. The van der Waals surface area contributed by atoms with Gasteiger partial charge in [-0.25, -0.2) is 4.39 Å². The lowest BCUT2D eigenvalue weighted by Crippen LogP contribution is -2.38. The molecule has 0 N–H and O–H groups in total. The number of carbonyl (C=O) groups excluding carboxylic acids is 2. The van der Waals surface area contributed by atoms with Gasteiger partial charge in [-0.05, 0) is 11.4 Å². The molecule has 0 saturated carbocycles. The maximum atomic E-state index is 13.8. The minimum atomic E-state index is -4.25. The summed E-state index contributed by atoms with van der Waals surface area (Å²) in [6.45, 7) is -1.84. The van der Waals surface area contributed by atoms with Crippen molar-refractivity contribution in [3.8, 4) is 0 Å². The van der Waals surface area contributed by atoms with Crippen molar-refractivity contribution in [1.82, 2.24) is 0 Å². The average molecular weight is 500 g/mol. The molecule has 8 heteroatoms. The summed E-state index contributed by atoms with van der Waals surface area (Å²) in [5.41, 5.74) is 0. The van der Waals surface area contributed by atoms with Crippen LogP contribution in [0.1, 0.15) is 9.67 Å². The molecule has 0 atom stereocenters. The van der Waals surface area contributed by atoms with Crippen LogP contribution in [0.5, 0.6) is 0 Å². The van der Waals surface area contributed by atoms with Crippen molar-refractivity contribution in [2.45, 2.75) is 5.92 Å². The van der Waals surface area contributed by atoms with Gasteiger partial charge >= 0.3 is 5.92 Å². The second-order valence-electron chi connectivity index (χ2n) is 7.05. The predicted molar refractivity (Wildman–Crippen MR) is 130 cm³/mol. The van der Waals surface area contributed by atoms with Crippen molar-refractivity contribution < 1.29 is 27.3 Å². The molecule has 3 nitrogen and oxygen atoms in total. The Hall–Kier alpha value is -3.28. The maximum absolute atomic E-state index is 13.8. The number of hydrogen-bond donors (Lipinski definition) is 0. The van der Waals surface area contributed by atoms with Crippen LogP contribution in [-0.4, -0.2) is 24.2 Å². The summed E-state index contributed by atoms with van der Waals surface area (Å²) in [5.74, 6) is -7.90. The van der Waals surface area contributed by atoms with Crippen LogP contribution in [0.3, 0.4) is 0 Å². The molecule has 0 amide bonds. The highest BCUT2D eigenvalue weighted by atomic mass is 32.1. The summed E-state index contributed by atoms with van der Waals surface area (Å²) in [6, 6.07) is 31.7.